The van der Waals surface area contributed by atoms with Crippen LogP contribution in [0.25, 0.3) is 0 Å². The predicted molar refractivity (Wildman–Crippen MR) is 97.6 cm³/mol. The van der Waals surface area contributed by atoms with E-state index in [0.29, 0.717) is 26.4 Å². The van der Waals surface area contributed by atoms with E-state index >= 15 is 0 Å². The largest absolute Gasteiger partial charge is 0.374 e. The normalized spacial score (nSPS) is 10.7. The van der Waals surface area contributed by atoms with Gasteiger partial charge in [-0.25, -0.2) is 0 Å². The molecule has 0 fully saturated rings. The summed E-state index contributed by atoms with van der Waals surface area (Å²) in [5.74, 6) is 0. The van der Waals surface area contributed by atoms with E-state index in [1.54, 1.807) is 0 Å². The van der Waals surface area contributed by atoms with Crippen LogP contribution in [0.5, 0.6) is 0 Å². The van der Waals surface area contributed by atoms with Crippen molar-refractivity contribution in [2.24, 2.45) is 0 Å². The van der Waals surface area contributed by atoms with Gasteiger partial charge in [0.25, 0.3) is 0 Å². The molecule has 0 spiro atoms. The van der Waals surface area contributed by atoms with Crippen LogP contribution in [0, 0.1) is 7.14 Å². The smallest absolute Gasteiger partial charge is 0.0718 e. The lowest BCUT2D eigenvalue weighted by atomic mass is 10.2. The molecule has 106 valence electrons. The maximum absolute atomic E-state index is 5.59. The summed E-state index contributed by atoms with van der Waals surface area (Å²) in [6.45, 7) is 2.53. The van der Waals surface area contributed by atoms with Crippen LogP contribution in [0.2, 0.25) is 0 Å². The fourth-order valence-electron chi connectivity index (χ4n) is 1.66. The van der Waals surface area contributed by atoms with Gasteiger partial charge < -0.3 is 9.47 Å². The molecule has 0 heterocycles. The van der Waals surface area contributed by atoms with Gasteiger partial charge in [0.2, 0.25) is 0 Å². The van der Waals surface area contributed by atoms with E-state index in [9.17, 15) is 0 Å². The number of ether oxygens (including phenoxy) is 2. The van der Waals surface area contributed by atoms with Gasteiger partial charge in [-0.15, -0.1) is 0 Å². The van der Waals surface area contributed by atoms with Crippen molar-refractivity contribution in [1.29, 1.82) is 0 Å². The Morgan fingerprint density at radius 3 is 1.30 bits per heavy atom. The molecule has 0 bridgehead atoms. The third-order valence-electron chi connectivity index (χ3n) is 2.74. The second-order valence-corrected chi connectivity index (χ2v) is 6.85. The number of hydrogen-bond acceptors (Lipinski definition) is 2. The number of rotatable bonds is 7. The molecule has 0 aliphatic rings. The van der Waals surface area contributed by atoms with E-state index < -0.39 is 0 Å². The maximum Gasteiger partial charge on any atom is 0.0718 e. The molecule has 0 saturated carbocycles. The van der Waals surface area contributed by atoms with Crippen LogP contribution in [0.4, 0.5) is 0 Å². The molecule has 2 rings (SSSR count). The monoisotopic (exact) mass is 494 g/mol. The zero-order valence-electron chi connectivity index (χ0n) is 11.0. The quantitative estimate of drug-likeness (QED) is 0.413. The Morgan fingerprint density at radius 1 is 0.600 bits per heavy atom. The Kier molecular flexibility index (Phi) is 7.26. The summed E-state index contributed by atoms with van der Waals surface area (Å²) in [7, 11) is 0. The highest BCUT2D eigenvalue weighted by Gasteiger charge is 1.96. The van der Waals surface area contributed by atoms with E-state index in [4.69, 9.17) is 9.47 Å². The number of halogens is 2. The molecule has 0 aromatic heterocycles. The molecule has 0 unspecified atom stereocenters. The van der Waals surface area contributed by atoms with Crippen LogP contribution in [0.1, 0.15) is 11.1 Å². The average molecular weight is 494 g/mol. The van der Waals surface area contributed by atoms with Crippen LogP contribution in [-0.4, -0.2) is 13.2 Å². The Labute approximate surface area is 147 Å². The van der Waals surface area contributed by atoms with Gasteiger partial charge in [0.1, 0.15) is 0 Å². The molecule has 0 amide bonds. The highest BCUT2D eigenvalue weighted by Crippen LogP contribution is 2.09. The molecule has 0 radical (unpaired) electrons. The minimum Gasteiger partial charge on any atom is -0.374 e. The molecule has 0 N–H and O–H groups in total. The minimum atomic E-state index is 0.621. The van der Waals surface area contributed by atoms with Crippen molar-refractivity contribution in [1.82, 2.24) is 0 Å². The molecular formula is C16H16I2O2. The SMILES string of the molecule is Ic1ccc(COCCOCc2ccc(I)cc2)cc1. The van der Waals surface area contributed by atoms with Gasteiger partial charge in [0, 0.05) is 7.14 Å². The second kappa shape index (κ2) is 8.96. The fourth-order valence-corrected chi connectivity index (χ4v) is 2.38. The lowest BCUT2D eigenvalue weighted by molar-refractivity contribution is 0.0339. The molecule has 0 aliphatic carbocycles. The lowest BCUT2D eigenvalue weighted by Gasteiger charge is -2.06. The number of hydrogen-bond donors (Lipinski definition) is 0. The first-order valence-electron chi connectivity index (χ1n) is 6.38. The first-order chi connectivity index (χ1) is 9.74. The highest BCUT2D eigenvalue weighted by atomic mass is 127. The standard InChI is InChI=1S/C16H16I2O2/c17-15-5-1-13(2-6-15)11-19-9-10-20-12-14-3-7-16(18)8-4-14/h1-8H,9-12H2. The zero-order chi connectivity index (χ0) is 14.2. The van der Waals surface area contributed by atoms with Crippen LogP contribution >= 0.6 is 45.2 Å². The van der Waals surface area contributed by atoms with Crippen molar-refractivity contribution < 1.29 is 9.47 Å². The topological polar surface area (TPSA) is 18.5 Å². The average Bonchev–Trinajstić information content (AvgIpc) is 2.46. The van der Waals surface area contributed by atoms with Crippen LogP contribution < -0.4 is 0 Å². The Hall–Kier alpha value is -0.180. The molecule has 2 aromatic carbocycles. The Bertz CT molecular complexity index is 460. The van der Waals surface area contributed by atoms with Crippen molar-refractivity contribution in [3.05, 3.63) is 66.8 Å². The predicted octanol–water partition coefficient (Wildman–Crippen LogP) is 4.63. The van der Waals surface area contributed by atoms with Gasteiger partial charge in [0.15, 0.2) is 0 Å². The van der Waals surface area contributed by atoms with Crippen molar-refractivity contribution in [2.75, 3.05) is 13.2 Å². The van der Waals surface area contributed by atoms with Gasteiger partial charge in [-0.3, -0.25) is 0 Å². The van der Waals surface area contributed by atoms with Crippen molar-refractivity contribution in [3.63, 3.8) is 0 Å². The molecule has 0 atom stereocenters. The molecule has 2 aromatic rings. The fraction of sp³-hybridized carbons (Fsp3) is 0.250. The van der Waals surface area contributed by atoms with Gasteiger partial charge in [-0.2, -0.15) is 0 Å². The summed E-state index contributed by atoms with van der Waals surface area (Å²) < 4.78 is 13.7. The van der Waals surface area contributed by atoms with Crippen molar-refractivity contribution >= 4 is 45.2 Å². The Morgan fingerprint density at radius 2 is 0.950 bits per heavy atom. The molecular weight excluding hydrogens is 478 g/mol. The summed E-state index contributed by atoms with van der Waals surface area (Å²) in [5, 5.41) is 0. The van der Waals surface area contributed by atoms with Gasteiger partial charge >= 0.3 is 0 Å². The van der Waals surface area contributed by atoms with Crippen molar-refractivity contribution in [3.8, 4) is 0 Å². The zero-order valence-corrected chi connectivity index (χ0v) is 15.3. The summed E-state index contributed by atoms with van der Waals surface area (Å²) in [6.07, 6.45) is 0. The first kappa shape index (κ1) is 16.2. The van der Waals surface area contributed by atoms with Gasteiger partial charge in [-0.05, 0) is 80.6 Å². The van der Waals surface area contributed by atoms with Crippen LogP contribution in [0.3, 0.4) is 0 Å². The van der Waals surface area contributed by atoms with E-state index in [-0.39, 0.29) is 0 Å². The third-order valence-corrected chi connectivity index (χ3v) is 4.17. The van der Waals surface area contributed by atoms with Crippen molar-refractivity contribution in [2.45, 2.75) is 13.2 Å². The van der Waals surface area contributed by atoms with E-state index in [0.717, 1.165) is 0 Å². The summed E-state index contributed by atoms with van der Waals surface area (Å²) in [6, 6.07) is 16.7. The lowest BCUT2D eigenvalue weighted by Crippen LogP contribution is -2.04. The van der Waals surface area contributed by atoms with Gasteiger partial charge in [-0.1, -0.05) is 24.3 Å². The highest BCUT2D eigenvalue weighted by molar-refractivity contribution is 14.1. The first-order valence-corrected chi connectivity index (χ1v) is 8.54. The van der Waals surface area contributed by atoms with Gasteiger partial charge in [0.05, 0.1) is 26.4 Å². The maximum atomic E-state index is 5.59. The van der Waals surface area contributed by atoms with E-state index in [1.807, 2.05) is 0 Å². The van der Waals surface area contributed by atoms with Crippen LogP contribution in [-0.2, 0) is 22.7 Å². The third kappa shape index (κ3) is 6.07. The minimum absolute atomic E-state index is 0.621. The van der Waals surface area contributed by atoms with Crippen LogP contribution in [0.15, 0.2) is 48.5 Å². The Balaban J connectivity index is 1.57. The molecule has 20 heavy (non-hydrogen) atoms. The molecule has 0 aliphatic heterocycles. The summed E-state index contributed by atoms with van der Waals surface area (Å²) in [5.41, 5.74) is 2.39. The summed E-state index contributed by atoms with van der Waals surface area (Å²) >= 11 is 4.60. The molecule has 0 saturated heterocycles. The molecule has 2 nitrogen and oxygen atoms in total. The summed E-state index contributed by atoms with van der Waals surface area (Å²) in [4.78, 5) is 0. The number of benzene rings is 2. The molecule has 4 heteroatoms. The van der Waals surface area contributed by atoms with E-state index in [1.165, 1.54) is 18.3 Å². The van der Waals surface area contributed by atoms with E-state index in [2.05, 4.69) is 93.7 Å². The second-order valence-electron chi connectivity index (χ2n) is 4.36.